The zero-order chi connectivity index (χ0) is 39.6. The van der Waals surface area contributed by atoms with Crippen molar-refractivity contribution in [1.82, 2.24) is 39.1 Å². The van der Waals surface area contributed by atoms with E-state index in [1.807, 2.05) is 46.4 Å². The molecule has 4 heterocycles. The predicted molar refractivity (Wildman–Crippen MR) is 208 cm³/mol. The van der Waals surface area contributed by atoms with Gasteiger partial charge in [-0.3, -0.25) is 9.36 Å². The fourth-order valence-corrected chi connectivity index (χ4v) is 6.84. The summed E-state index contributed by atoms with van der Waals surface area (Å²) >= 11 is 2.15. The van der Waals surface area contributed by atoms with E-state index >= 15 is 0 Å². The van der Waals surface area contributed by atoms with Crippen LogP contribution in [0.5, 0.6) is 0 Å². The number of aryl methyl sites for hydroxylation is 2. The predicted octanol–water partition coefficient (Wildman–Crippen LogP) is 7.00. The molecule has 12 nitrogen and oxygen atoms in total. The fraction of sp³-hybridized carbons (Fsp3) is 0.350. The molecule has 2 saturated carbocycles. The molecule has 4 aromatic heterocycles. The number of esters is 1. The monoisotopic (exact) mass is 864 g/mol. The molecule has 0 amide bonds. The first-order chi connectivity index (χ1) is 26.6. The Bertz CT molecular complexity index is 2230. The van der Waals surface area contributed by atoms with E-state index in [1.54, 1.807) is 16.8 Å². The molecule has 55 heavy (non-hydrogen) atoms. The van der Waals surface area contributed by atoms with E-state index in [-0.39, 0.29) is 11.4 Å². The summed E-state index contributed by atoms with van der Waals surface area (Å²) < 4.78 is 47.8. The normalized spacial score (nSPS) is 13.1. The van der Waals surface area contributed by atoms with Crippen molar-refractivity contribution < 1.29 is 28.1 Å². The number of aliphatic hydroxyl groups is 1. The molecule has 0 bridgehead atoms. The number of carbonyl (C=O) groups is 1. The molecule has 0 unspecified atom stereocenters. The van der Waals surface area contributed by atoms with Crippen LogP contribution in [0.15, 0.2) is 73.3 Å². The number of nitrogens with zero attached hydrogens (tertiary/aromatic N) is 8. The van der Waals surface area contributed by atoms with Crippen molar-refractivity contribution >= 4 is 28.6 Å². The SMILES string of the molecule is CO.COC(=O)c1cc(F)ccc1-n1nc(C)cc1Cc1cnn(CC2CC2)c1.Cc1cc(Cc2cnn(CC3CC3)c2)n(-c2ccc(F)cc2I)n1.[C-]#[O+]. The molecule has 6 aromatic rings. The van der Waals surface area contributed by atoms with Gasteiger partial charge in [0.25, 0.3) is 0 Å². The van der Waals surface area contributed by atoms with Crippen LogP contribution in [0.3, 0.4) is 0 Å². The molecule has 2 aliphatic rings. The summed E-state index contributed by atoms with van der Waals surface area (Å²) in [6.45, 7) is 10.3. The number of carbonyl (C=O) groups excluding carboxylic acids is 1. The van der Waals surface area contributed by atoms with E-state index in [9.17, 15) is 13.6 Å². The van der Waals surface area contributed by atoms with E-state index in [1.165, 1.54) is 62.6 Å². The van der Waals surface area contributed by atoms with Crippen molar-refractivity contribution in [2.24, 2.45) is 11.8 Å². The molecule has 288 valence electrons. The van der Waals surface area contributed by atoms with Gasteiger partial charge < -0.3 is 9.84 Å². The van der Waals surface area contributed by atoms with Gasteiger partial charge in [-0.05, 0) is 134 Å². The van der Waals surface area contributed by atoms with Crippen LogP contribution in [0, 0.1) is 47.5 Å². The number of hydrogen-bond donors (Lipinski definition) is 1. The quantitative estimate of drug-likeness (QED) is 0.0642. The topological polar surface area (TPSA) is 138 Å². The minimum atomic E-state index is -0.596. The van der Waals surface area contributed by atoms with E-state index in [0.29, 0.717) is 12.1 Å². The summed E-state index contributed by atoms with van der Waals surface area (Å²) in [5, 5.41) is 25.0. The third-order valence-electron chi connectivity index (χ3n) is 8.97. The molecule has 0 saturated heterocycles. The average Bonchev–Trinajstić information content (AvgIpc) is 3.99. The van der Waals surface area contributed by atoms with E-state index in [2.05, 4.69) is 68.1 Å². The first kappa shape index (κ1) is 41.2. The Morgan fingerprint density at radius 3 is 1.71 bits per heavy atom. The first-order valence-corrected chi connectivity index (χ1v) is 18.8. The van der Waals surface area contributed by atoms with Crippen LogP contribution in [0.25, 0.3) is 11.4 Å². The zero-order valence-corrected chi connectivity index (χ0v) is 33.3. The van der Waals surface area contributed by atoms with Gasteiger partial charge in [-0.25, -0.2) is 22.9 Å². The summed E-state index contributed by atoms with van der Waals surface area (Å²) in [5.41, 5.74) is 7.55. The van der Waals surface area contributed by atoms with Crippen LogP contribution < -0.4 is 0 Å². The van der Waals surface area contributed by atoms with Gasteiger partial charge in [0.1, 0.15) is 11.6 Å². The molecule has 0 atom stereocenters. The van der Waals surface area contributed by atoms with Gasteiger partial charge in [0.05, 0.1) is 47.8 Å². The minimum absolute atomic E-state index is 0.145. The Morgan fingerprint density at radius 2 is 1.25 bits per heavy atom. The Hall–Kier alpha value is -4.96. The van der Waals surface area contributed by atoms with Crippen molar-refractivity contribution in [3.05, 3.63) is 135 Å². The van der Waals surface area contributed by atoms with Gasteiger partial charge in [-0.1, -0.05) is 0 Å². The van der Waals surface area contributed by atoms with Gasteiger partial charge in [0.15, 0.2) is 0 Å². The summed E-state index contributed by atoms with van der Waals surface area (Å²) in [5.74, 6) is 0.250. The molecule has 0 radical (unpaired) electrons. The molecular formula is C40H43F2IN8O4. The second-order valence-corrected chi connectivity index (χ2v) is 14.7. The van der Waals surface area contributed by atoms with E-state index < -0.39 is 11.8 Å². The van der Waals surface area contributed by atoms with E-state index in [4.69, 9.17) is 14.5 Å². The Morgan fingerprint density at radius 1 is 0.800 bits per heavy atom. The molecule has 0 spiro atoms. The summed E-state index contributed by atoms with van der Waals surface area (Å²) in [6, 6.07) is 12.9. The summed E-state index contributed by atoms with van der Waals surface area (Å²) in [7, 11) is 2.28. The zero-order valence-electron chi connectivity index (χ0n) is 31.1. The number of rotatable bonds is 11. The standard InChI is InChI=1S/C20H21FN4O2.C18H18FIN4.CH4O.CO/c1-13-7-17(8-15-10-22-24(12-15)11-14-3-4-14)25(23-13)19-6-5-16(21)9-18(19)20(26)27-2;1-12-6-16(7-14-9-21-23(11-14)10-13-2-3-13)24(22-12)18-5-4-15(19)8-17(18)20;2*1-2/h5-7,9-10,12,14H,3-4,8,11H2,1-2H3;4-6,8-9,11,13H,2-3,7,10H2,1H3;2H,1H3;. The van der Waals surface area contributed by atoms with Crippen molar-refractivity contribution in [3.63, 3.8) is 0 Å². The maximum absolute atomic E-state index is 13.7. The number of aromatic nitrogens is 8. The Labute approximate surface area is 332 Å². The second-order valence-electron chi connectivity index (χ2n) is 13.5. The number of aliphatic hydroxyl groups excluding tert-OH is 1. The Kier molecular flexibility index (Phi) is 14.3. The van der Waals surface area contributed by atoms with Crippen LogP contribution in [0.1, 0.15) is 69.9 Å². The van der Waals surface area contributed by atoms with Gasteiger partial charge in [0.2, 0.25) is 0 Å². The van der Waals surface area contributed by atoms with Crippen molar-refractivity contribution in [2.45, 2.75) is 65.5 Å². The van der Waals surface area contributed by atoms with Crippen LogP contribution in [-0.4, -0.2) is 64.4 Å². The maximum atomic E-state index is 13.7. The van der Waals surface area contributed by atoms with Crippen LogP contribution >= 0.6 is 22.6 Å². The number of benzene rings is 2. The van der Waals surface area contributed by atoms with Crippen LogP contribution in [0.4, 0.5) is 8.78 Å². The molecule has 2 aromatic carbocycles. The van der Waals surface area contributed by atoms with Gasteiger partial charge in [-0.2, -0.15) is 20.4 Å². The van der Waals surface area contributed by atoms with Crippen LogP contribution in [0.2, 0.25) is 0 Å². The average molecular weight is 865 g/mol. The molecule has 15 heteroatoms. The van der Waals surface area contributed by atoms with Gasteiger partial charge in [0, 0.05) is 60.4 Å². The van der Waals surface area contributed by atoms with Crippen molar-refractivity contribution in [2.75, 3.05) is 14.2 Å². The number of halogens is 3. The van der Waals surface area contributed by atoms with Gasteiger partial charge >= 0.3 is 17.3 Å². The fourth-order valence-electron chi connectivity index (χ4n) is 6.14. The first-order valence-electron chi connectivity index (χ1n) is 17.7. The van der Waals surface area contributed by atoms with Gasteiger partial charge in [-0.15, -0.1) is 0 Å². The number of hydrogen-bond acceptors (Lipinski definition) is 7. The Balaban J connectivity index is 0.000000195. The van der Waals surface area contributed by atoms with Crippen LogP contribution in [-0.2, 0) is 35.3 Å². The molecule has 0 aliphatic heterocycles. The molecule has 1 N–H and O–H groups in total. The third kappa shape index (κ3) is 11.1. The molecule has 2 fully saturated rings. The number of methoxy groups -OCH3 is 1. The third-order valence-corrected chi connectivity index (χ3v) is 9.83. The van der Waals surface area contributed by atoms with Crippen molar-refractivity contribution in [3.8, 4) is 11.4 Å². The molecule has 2 aliphatic carbocycles. The summed E-state index contributed by atoms with van der Waals surface area (Å²) in [6.07, 6.45) is 14.6. The van der Waals surface area contributed by atoms with Crippen molar-refractivity contribution in [1.29, 1.82) is 0 Å². The molecular weight excluding hydrogens is 821 g/mol. The second kappa shape index (κ2) is 19.1. The van der Waals surface area contributed by atoms with E-state index in [0.717, 1.165) is 76.1 Å². The number of ether oxygens (including phenoxy) is 1. The summed E-state index contributed by atoms with van der Waals surface area (Å²) in [4.78, 5) is 12.1. The molecule has 8 rings (SSSR count).